The maximum Gasteiger partial charge on any atom is 0.255 e. The Kier molecular flexibility index (Phi) is 6.29. The summed E-state index contributed by atoms with van der Waals surface area (Å²) in [7, 11) is 1.65. The van der Waals surface area contributed by atoms with Crippen molar-refractivity contribution in [2.24, 2.45) is 9.39 Å². The van der Waals surface area contributed by atoms with E-state index in [4.69, 9.17) is 14.5 Å². The van der Waals surface area contributed by atoms with Crippen molar-refractivity contribution in [2.75, 3.05) is 12.4 Å². The number of carbonyl (C=O) groups is 1. The number of nitrogens with zero attached hydrogens (tertiary/aromatic N) is 2. The zero-order chi connectivity index (χ0) is 24.4. The van der Waals surface area contributed by atoms with Gasteiger partial charge in [0.05, 0.1) is 12.8 Å². The van der Waals surface area contributed by atoms with E-state index in [-0.39, 0.29) is 5.91 Å². The monoisotopic (exact) mass is 484 g/mol. The third kappa shape index (κ3) is 4.65. The molecule has 8 heteroatoms. The molecule has 3 aromatic rings. The molecule has 0 aromatic heterocycles. The first-order chi connectivity index (χ1) is 17.1. The number of hydrogen-bond donors (Lipinski definition) is 2. The molecule has 3 aromatic carbocycles. The topological polar surface area (TPSA) is 84.3 Å². The number of hydrogen-bond acceptors (Lipinski definition) is 7. The predicted octanol–water partition coefficient (Wildman–Crippen LogP) is 5.73. The Bertz CT molecular complexity index is 1410. The maximum atomic E-state index is 12.9. The van der Waals surface area contributed by atoms with E-state index in [0.717, 1.165) is 33.1 Å². The van der Waals surface area contributed by atoms with E-state index in [0.29, 0.717) is 35.3 Å². The Morgan fingerprint density at radius 2 is 1.86 bits per heavy atom. The second-order valence-electron chi connectivity index (χ2n) is 8.02. The molecule has 6 bridgehead atoms. The average molecular weight is 485 g/mol. The summed E-state index contributed by atoms with van der Waals surface area (Å²) in [4.78, 5) is 18.6. The number of amides is 1. The zero-order valence-electron chi connectivity index (χ0n) is 19.6. The standard InChI is InChI=1S/C27H24N4O3S/c1-4-21-24(23-16(2)8-5-13-22(23)33-3)29-27-30-26(21)34-19-11-6-9-17(14-19)25(32)28-18-10-7-12-20(15-18)35-31-27/h5-15H,4H2,1-3H3,(H,28,32)(H,29,30,31). The maximum absolute atomic E-state index is 12.9. The van der Waals surface area contributed by atoms with Gasteiger partial charge in [-0.05, 0) is 61.4 Å². The minimum Gasteiger partial charge on any atom is -0.496 e. The second-order valence-corrected chi connectivity index (χ2v) is 8.85. The number of ether oxygens (including phenoxy) is 2. The highest BCUT2D eigenvalue weighted by molar-refractivity contribution is 7.98. The molecule has 0 unspecified atom stereocenters. The highest BCUT2D eigenvalue weighted by Gasteiger charge is 2.26. The van der Waals surface area contributed by atoms with Crippen molar-refractivity contribution in [3.8, 4) is 11.5 Å². The SMILES string of the molecule is CCC1=C2NC(=NSc3cccc(c3)NC(=O)c3cccc(c3)O2)N=C1c1c(C)cccc1OC. The summed E-state index contributed by atoms with van der Waals surface area (Å²) in [6, 6.07) is 20.5. The van der Waals surface area contributed by atoms with Gasteiger partial charge in [0.1, 0.15) is 11.5 Å². The first-order valence-electron chi connectivity index (χ1n) is 11.2. The average Bonchev–Trinajstić information content (AvgIpc) is 2.87. The Morgan fingerprint density at radius 1 is 1.03 bits per heavy atom. The molecular weight excluding hydrogens is 460 g/mol. The van der Waals surface area contributed by atoms with E-state index in [9.17, 15) is 4.79 Å². The molecule has 0 aliphatic carbocycles. The molecule has 176 valence electrons. The highest BCUT2D eigenvalue weighted by Crippen LogP contribution is 2.31. The summed E-state index contributed by atoms with van der Waals surface area (Å²) in [6.07, 6.45) is 0.654. The summed E-state index contributed by atoms with van der Waals surface area (Å²) in [5.74, 6) is 1.97. The quantitative estimate of drug-likeness (QED) is 0.464. The first-order valence-corrected chi connectivity index (χ1v) is 12.0. The van der Waals surface area contributed by atoms with Gasteiger partial charge in [0, 0.05) is 39.2 Å². The number of carbonyl (C=O) groups excluding carboxylic acids is 1. The number of benzene rings is 3. The van der Waals surface area contributed by atoms with Crippen LogP contribution in [0.25, 0.3) is 0 Å². The molecule has 35 heavy (non-hydrogen) atoms. The van der Waals surface area contributed by atoms with Crippen LogP contribution in [-0.4, -0.2) is 24.7 Å². The first kappa shape index (κ1) is 22.7. The fraction of sp³-hybridized carbons (Fsp3) is 0.148. The van der Waals surface area contributed by atoms with Crippen LogP contribution in [0.4, 0.5) is 5.69 Å². The van der Waals surface area contributed by atoms with Crippen LogP contribution in [-0.2, 0) is 0 Å². The van der Waals surface area contributed by atoms with Crippen LogP contribution < -0.4 is 20.1 Å². The molecule has 1 amide bonds. The summed E-state index contributed by atoms with van der Waals surface area (Å²) in [6.45, 7) is 4.08. The lowest BCUT2D eigenvalue weighted by Crippen LogP contribution is -2.33. The molecule has 2 aliphatic rings. The van der Waals surface area contributed by atoms with Crippen molar-refractivity contribution in [1.29, 1.82) is 0 Å². The minimum absolute atomic E-state index is 0.216. The lowest BCUT2D eigenvalue weighted by Gasteiger charge is -2.24. The van der Waals surface area contributed by atoms with Crippen LogP contribution in [0.15, 0.2) is 92.5 Å². The molecule has 0 radical (unpaired) electrons. The smallest absolute Gasteiger partial charge is 0.255 e. The van der Waals surface area contributed by atoms with Crippen LogP contribution in [0.1, 0.15) is 34.8 Å². The largest absolute Gasteiger partial charge is 0.496 e. The van der Waals surface area contributed by atoms with Gasteiger partial charge in [0.25, 0.3) is 5.91 Å². The van der Waals surface area contributed by atoms with Crippen molar-refractivity contribution < 1.29 is 14.3 Å². The van der Waals surface area contributed by atoms with Crippen LogP contribution >= 0.6 is 11.9 Å². The van der Waals surface area contributed by atoms with E-state index < -0.39 is 0 Å². The van der Waals surface area contributed by atoms with Gasteiger partial charge in [0.2, 0.25) is 11.8 Å². The normalized spacial score (nSPS) is 15.1. The number of nitrogens with one attached hydrogen (secondary N) is 2. The van der Waals surface area contributed by atoms with Gasteiger partial charge in [-0.2, -0.15) is 4.40 Å². The molecule has 7 nitrogen and oxygen atoms in total. The number of methoxy groups -OCH3 is 1. The number of aryl methyl sites for hydroxylation is 1. The van der Waals surface area contributed by atoms with Gasteiger partial charge < -0.3 is 14.8 Å². The number of rotatable bonds is 3. The van der Waals surface area contributed by atoms with Gasteiger partial charge in [-0.25, -0.2) is 4.99 Å². The van der Waals surface area contributed by atoms with Crippen LogP contribution in [0.2, 0.25) is 0 Å². The van der Waals surface area contributed by atoms with Crippen molar-refractivity contribution in [3.63, 3.8) is 0 Å². The molecule has 2 aliphatic heterocycles. The number of aliphatic imine (C=N–C) groups is 1. The van der Waals surface area contributed by atoms with Gasteiger partial charge in [-0.3, -0.25) is 10.1 Å². The molecule has 0 fully saturated rings. The van der Waals surface area contributed by atoms with Gasteiger partial charge in [-0.1, -0.05) is 31.2 Å². The third-order valence-electron chi connectivity index (χ3n) is 5.69. The molecule has 0 saturated heterocycles. The van der Waals surface area contributed by atoms with Crippen molar-refractivity contribution in [3.05, 3.63) is 94.9 Å². The van der Waals surface area contributed by atoms with Crippen LogP contribution in [0.3, 0.4) is 0 Å². The Labute approximate surface area is 208 Å². The molecule has 2 heterocycles. The van der Waals surface area contributed by atoms with Gasteiger partial charge in [0.15, 0.2) is 0 Å². The van der Waals surface area contributed by atoms with E-state index in [2.05, 4.69) is 15.0 Å². The summed E-state index contributed by atoms with van der Waals surface area (Å²) in [5, 5.41) is 6.19. The lowest BCUT2D eigenvalue weighted by molar-refractivity contribution is 0.102. The number of fused-ring (bicyclic) bond motifs is 6. The summed E-state index contributed by atoms with van der Waals surface area (Å²) >= 11 is 1.26. The summed E-state index contributed by atoms with van der Waals surface area (Å²) in [5.41, 5.74) is 4.72. The minimum atomic E-state index is -0.216. The molecule has 5 rings (SSSR count). The Balaban J connectivity index is 1.71. The van der Waals surface area contributed by atoms with Gasteiger partial charge in [-0.15, -0.1) is 0 Å². The van der Waals surface area contributed by atoms with Crippen molar-refractivity contribution in [2.45, 2.75) is 25.2 Å². The highest BCUT2D eigenvalue weighted by atomic mass is 32.2. The molecule has 0 spiro atoms. The Hall–Kier alpha value is -4.04. The zero-order valence-corrected chi connectivity index (χ0v) is 20.4. The van der Waals surface area contributed by atoms with Crippen LogP contribution in [0.5, 0.6) is 11.5 Å². The number of guanidine groups is 1. The van der Waals surface area contributed by atoms with E-state index >= 15 is 0 Å². The Morgan fingerprint density at radius 3 is 2.69 bits per heavy atom. The summed E-state index contributed by atoms with van der Waals surface area (Å²) < 4.78 is 16.7. The third-order valence-corrected chi connectivity index (χ3v) is 6.42. The van der Waals surface area contributed by atoms with E-state index in [1.807, 2.05) is 62.4 Å². The van der Waals surface area contributed by atoms with E-state index in [1.54, 1.807) is 25.3 Å². The fourth-order valence-corrected chi connectivity index (χ4v) is 4.61. The van der Waals surface area contributed by atoms with Crippen molar-refractivity contribution in [1.82, 2.24) is 5.32 Å². The molecule has 2 N–H and O–H groups in total. The van der Waals surface area contributed by atoms with Gasteiger partial charge >= 0.3 is 0 Å². The van der Waals surface area contributed by atoms with Crippen LogP contribution in [0, 0.1) is 6.92 Å². The molecular formula is C27H24N4O3S. The molecule has 0 saturated carbocycles. The lowest BCUT2D eigenvalue weighted by atomic mass is 9.95. The second kappa shape index (κ2) is 9.68. The fourth-order valence-electron chi connectivity index (χ4n) is 4.01. The number of allylic oxidation sites excluding steroid dienone is 1. The molecule has 0 atom stereocenters. The predicted molar refractivity (Wildman–Crippen MR) is 139 cm³/mol. The van der Waals surface area contributed by atoms with E-state index in [1.165, 1.54) is 11.9 Å². The van der Waals surface area contributed by atoms with Crippen molar-refractivity contribution >= 4 is 35.2 Å². The number of anilines is 1.